The lowest BCUT2D eigenvalue weighted by Gasteiger charge is -2.31. The van der Waals surface area contributed by atoms with E-state index in [0.29, 0.717) is 18.9 Å². The zero-order valence-electron chi connectivity index (χ0n) is 10.8. The molecule has 0 radical (unpaired) electrons. The van der Waals surface area contributed by atoms with Crippen LogP contribution in [0.5, 0.6) is 0 Å². The maximum absolute atomic E-state index is 12.5. The highest BCUT2D eigenvalue weighted by Gasteiger charge is 2.45. The number of aromatic nitrogens is 2. The van der Waals surface area contributed by atoms with Gasteiger partial charge in [0.2, 0.25) is 6.41 Å². The van der Waals surface area contributed by atoms with Crippen LogP contribution in [0.25, 0.3) is 11.0 Å². The third-order valence-electron chi connectivity index (χ3n) is 4.27. The molecule has 2 aliphatic heterocycles. The van der Waals surface area contributed by atoms with Gasteiger partial charge in [-0.05, 0) is 18.6 Å². The number of carbonyl (C=O) groups is 2. The minimum Gasteiger partial charge on any atom is -0.338 e. The number of likely N-dealkylation sites (tertiary alicyclic amines) is 2. The van der Waals surface area contributed by atoms with E-state index in [9.17, 15) is 9.59 Å². The van der Waals surface area contributed by atoms with E-state index >= 15 is 0 Å². The number of amides is 2. The number of nitrogens with one attached hydrogen (secondary N) is 1. The largest absolute Gasteiger partial charge is 0.338 e. The van der Waals surface area contributed by atoms with Gasteiger partial charge in [0.25, 0.3) is 5.91 Å². The number of hydrogen-bond acceptors (Lipinski definition) is 3. The van der Waals surface area contributed by atoms with E-state index in [4.69, 9.17) is 0 Å². The summed E-state index contributed by atoms with van der Waals surface area (Å²) in [6, 6.07) is 7.90. The van der Waals surface area contributed by atoms with Crippen LogP contribution in [0.15, 0.2) is 24.3 Å². The van der Waals surface area contributed by atoms with E-state index in [1.165, 1.54) is 0 Å². The Bertz CT molecular complexity index is 662. The molecule has 3 heterocycles. The van der Waals surface area contributed by atoms with Crippen LogP contribution in [-0.4, -0.2) is 57.3 Å². The average molecular weight is 270 g/mol. The molecule has 2 fully saturated rings. The third kappa shape index (κ3) is 1.54. The van der Waals surface area contributed by atoms with Crippen molar-refractivity contribution < 1.29 is 9.59 Å². The number of carbonyl (C=O) groups excluding carboxylic acids is 2. The fourth-order valence-electron chi connectivity index (χ4n) is 3.27. The summed E-state index contributed by atoms with van der Waals surface area (Å²) < 4.78 is 0. The van der Waals surface area contributed by atoms with Crippen molar-refractivity contribution in [2.45, 2.75) is 18.5 Å². The Labute approximate surface area is 115 Å². The summed E-state index contributed by atoms with van der Waals surface area (Å²) in [5.74, 6) is 0.315. The topological polar surface area (TPSA) is 69.3 Å². The number of hydrogen-bond donors (Lipinski definition) is 1. The van der Waals surface area contributed by atoms with Crippen molar-refractivity contribution in [1.82, 2.24) is 19.8 Å². The van der Waals surface area contributed by atoms with Crippen molar-refractivity contribution >= 4 is 23.4 Å². The average Bonchev–Trinajstić information content (AvgIpc) is 3.18. The zero-order chi connectivity index (χ0) is 13.7. The summed E-state index contributed by atoms with van der Waals surface area (Å²) in [6.45, 7) is 1.25. The van der Waals surface area contributed by atoms with E-state index < -0.39 is 0 Å². The van der Waals surface area contributed by atoms with Gasteiger partial charge in [-0.15, -0.1) is 0 Å². The van der Waals surface area contributed by atoms with Crippen molar-refractivity contribution in [2.24, 2.45) is 0 Å². The first-order chi connectivity index (χ1) is 9.76. The monoisotopic (exact) mass is 270 g/mol. The van der Waals surface area contributed by atoms with Crippen LogP contribution in [0.3, 0.4) is 0 Å². The summed E-state index contributed by atoms with van der Waals surface area (Å²) >= 11 is 0. The molecule has 2 amide bonds. The van der Waals surface area contributed by atoms with Crippen molar-refractivity contribution in [3.05, 3.63) is 30.1 Å². The van der Waals surface area contributed by atoms with Crippen LogP contribution in [0.2, 0.25) is 0 Å². The van der Waals surface area contributed by atoms with E-state index in [1.807, 2.05) is 29.2 Å². The van der Waals surface area contributed by atoms with Crippen LogP contribution in [0.4, 0.5) is 0 Å². The molecule has 2 atom stereocenters. The summed E-state index contributed by atoms with van der Waals surface area (Å²) in [7, 11) is 0. The Hall–Kier alpha value is -2.37. The Morgan fingerprint density at radius 1 is 1.30 bits per heavy atom. The van der Waals surface area contributed by atoms with Gasteiger partial charge in [-0.25, -0.2) is 4.98 Å². The third-order valence-corrected chi connectivity index (χ3v) is 4.27. The summed E-state index contributed by atoms with van der Waals surface area (Å²) in [5, 5.41) is 0. The Morgan fingerprint density at radius 3 is 2.85 bits per heavy atom. The van der Waals surface area contributed by atoms with E-state index in [-0.39, 0.29) is 18.0 Å². The quantitative estimate of drug-likeness (QED) is 0.813. The number of aromatic amines is 1. The second kappa shape index (κ2) is 4.06. The highest BCUT2D eigenvalue weighted by molar-refractivity contribution is 5.94. The molecule has 0 spiro atoms. The van der Waals surface area contributed by atoms with Crippen LogP contribution in [0, 0.1) is 0 Å². The van der Waals surface area contributed by atoms with Gasteiger partial charge in [0.05, 0.1) is 23.1 Å². The maximum atomic E-state index is 12.5. The lowest BCUT2D eigenvalue weighted by molar-refractivity contribution is -0.120. The first-order valence-corrected chi connectivity index (χ1v) is 6.73. The number of H-pyrrole nitrogens is 1. The van der Waals surface area contributed by atoms with Crippen molar-refractivity contribution in [2.75, 3.05) is 13.1 Å². The number of nitrogens with zero attached hydrogens (tertiary/aromatic N) is 3. The standard InChI is InChI=1S/C14H14N4O2/c19-8-17-6-10-5-9(17)7-18(10)14(20)13-15-11-3-1-2-4-12(11)16-13/h1-4,8-10H,5-7H2,(H,15,16). The van der Waals surface area contributed by atoms with Gasteiger partial charge < -0.3 is 14.8 Å². The normalized spacial score (nSPS) is 24.6. The molecule has 1 aromatic carbocycles. The summed E-state index contributed by atoms with van der Waals surface area (Å²) in [5.41, 5.74) is 1.67. The molecule has 6 nitrogen and oxygen atoms in total. The van der Waals surface area contributed by atoms with Crippen LogP contribution >= 0.6 is 0 Å². The van der Waals surface area contributed by atoms with E-state index in [1.54, 1.807) is 4.90 Å². The lowest BCUT2D eigenvalue weighted by Crippen LogP contribution is -2.48. The van der Waals surface area contributed by atoms with E-state index in [0.717, 1.165) is 23.9 Å². The lowest BCUT2D eigenvalue weighted by atomic mass is 10.2. The maximum Gasteiger partial charge on any atom is 0.290 e. The van der Waals surface area contributed by atoms with Gasteiger partial charge in [0, 0.05) is 13.1 Å². The van der Waals surface area contributed by atoms with Crippen molar-refractivity contribution in [3.63, 3.8) is 0 Å². The first-order valence-electron chi connectivity index (χ1n) is 6.73. The minimum atomic E-state index is -0.0701. The molecule has 0 aliphatic carbocycles. The Kier molecular flexibility index (Phi) is 2.33. The number of fused-ring (bicyclic) bond motifs is 3. The van der Waals surface area contributed by atoms with Gasteiger partial charge in [0.1, 0.15) is 0 Å². The highest BCUT2D eigenvalue weighted by atomic mass is 16.2. The smallest absolute Gasteiger partial charge is 0.290 e. The molecule has 1 aromatic heterocycles. The number of imidazole rings is 1. The second-order valence-electron chi connectivity index (χ2n) is 5.41. The van der Waals surface area contributed by atoms with Gasteiger partial charge in [-0.1, -0.05) is 12.1 Å². The SMILES string of the molecule is O=CN1CC2CC1CN2C(=O)c1nc2ccccc2[nH]1. The predicted octanol–water partition coefficient (Wildman–Crippen LogP) is 0.618. The minimum absolute atomic E-state index is 0.0701. The summed E-state index contributed by atoms with van der Waals surface area (Å²) in [4.78, 5) is 34.4. The fourth-order valence-corrected chi connectivity index (χ4v) is 3.27. The molecular weight excluding hydrogens is 256 g/mol. The van der Waals surface area contributed by atoms with Crippen molar-refractivity contribution in [1.29, 1.82) is 0 Å². The summed E-state index contributed by atoms with van der Waals surface area (Å²) in [6.07, 6.45) is 1.76. The second-order valence-corrected chi connectivity index (χ2v) is 5.41. The van der Waals surface area contributed by atoms with Gasteiger partial charge in [-0.2, -0.15) is 0 Å². The molecule has 2 aromatic rings. The number of rotatable bonds is 2. The van der Waals surface area contributed by atoms with Gasteiger partial charge >= 0.3 is 0 Å². The molecule has 102 valence electrons. The van der Waals surface area contributed by atoms with Crippen LogP contribution in [0.1, 0.15) is 17.0 Å². The van der Waals surface area contributed by atoms with Crippen molar-refractivity contribution in [3.8, 4) is 0 Å². The zero-order valence-corrected chi connectivity index (χ0v) is 10.8. The van der Waals surface area contributed by atoms with Gasteiger partial charge in [-0.3, -0.25) is 9.59 Å². The highest BCUT2D eigenvalue weighted by Crippen LogP contribution is 2.30. The first kappa shape index (κ1) is 11.5. The molecule has 1 N–H and O–H groups in total. The number of benzene rings is 1. The molecule has 20 heavy (non-hydrogen) atoms. The van der Waals surface area contributed by atoms with Crippen LogP contribution in [-0.2, 0) is 4.79 Å². The van der Waals surface area contributed by atoms with Gasteiger partial charge in [0.15, 0.2) is 5.82 Å². The fraction of sp³-hybridized carbons (Fsp3) is 0.357. The molecule has 6 heteroatoms. The Balaban J connectivity index is 1.61. The molecule has 2 unspecified atom stereocenters. The number of piperazine rings is 1. The molecule has 2 bridgehead atoms. The number of para-hydroxylation sites is 2. The van der Waals surface area contributed by atoms with E-state index in [2.05, 4.69) is 9.97 Å². The molecule has 2 saturated heterocycles. The predicted molar refractivity (Wildman–Crippen MR) is 72.1 cm³/mol. The molecule has 0 saturated carbocycles. The molecule has 2 aliphatic rings. The Morgan fingerprint density at radius 2 is 2.15 bits per heavy atom. The molecular formula is C14H14N4O2. The van der Waals surface area contributed by atoms with Crippen LogP contribution < -0.4 is 0 Å². The molecule has 4 rings (SSSR count).